The van der Waals surface area contributed by atoms with E-state index in [-0.39, 0.29) is 5.75 Å². The summed E-state index contributed by atoms with van der Waals surface area (Å²) in [6.45, 7) is 2.79. The molecular formula is C18H23NO5. The number of anilines is 1. The lowest BCUT2D eigenvalue weighted by atomic mass is 10.1. The van der Waals surface area contributed by atoms with Crippen LogP contribution in [-0.4, -0.2) is 33.0 Å². The summed E-state index contributed by atoms with van der Waals surface area (Å²) in [5.41, 5.74) is 1.51. The second-order valence-corrected chi connectivity index (χ2v) is 4.96. The minimum atomic E-state index is 0.138. The average molecular weight is 333 g/mol. The third-order valence-electron chi connectivity index (χ3n) is 3.53. The van der Waals surface area contributed by atoms with E-state index >= 15 is 0 Å². The zero-order valence-corrected chi connectivity index (χ0v) is 14.4. The number of benzene rings is 2. The van der Waals surface area contributed by atoms with E-state index in [0.717, 1.165) is 11.3 Å². The summed E-state index contributed by atoms with van der Waals surface area (Å²) in [6, 6.07) is 9.04. The van der Waals surface area contributed by atoms with Gasteiger partial charge in [0.1, 0.15) is 0 Å². The first-order valence-electron chi connectivity index (χ1n) is 7.62. The Morgan fingerprint density at radius 1 is 0.958 bits per heavy atom. The molecule has 6 heteroatoms. The van der Waals surface area contributed by atoms with Gasteiger partial charge in [0.15, 0.2) is 23.0 Å². The Morgan fingerprint density at radius 3 is 2.17 bits per heavy atom. The van der Waals surface area contributed by atoms with Crippen molar-refractivity contribution in [2.75, 3.05) is 33.3 Å². The van der Waals surface area contributed by atoms with Crippen LogP contribution in [0, 0.1) is 0 Å². The molecule has 0 aliphatic heterocycles. The second-order valence-electron chi connectivity index (χ2n) is 4.96. The predicted molar refractivity (Wildman–Crippen MR) is 92.7 cm³/mol. The summed E-state index contributed by atoms with van der Waals surface area (Å²) in [4.78, 5) is 0. The topological polar surface area (TPSA) is 69.2 Å². The number of aromatic hydroxyl groups is 1. The fourth-order valence-corrected chi connectivity index (χ4v) is 2.36. The number of phenolic OH excluding ortho intramolecular Hbond substituents is 1. The summed E-state index contributed by atoms with van der Waals surface area (Å²) in [5, 5.41) is 13.5. The smallest absolute Gasteiger partial charge is 0.203 e. The van der Waals surface area contributed by atoms with E-state index < -0.39 is 0 Å². The number of para-hydroxylation sites is 1. The molecule has 2 aromatic rings. The van der Waals surface area contributed by atoms with Crippen molar-refractivity contribution in [3.05, 3.63) is 35.9 Å². The van der Waals surface area contributed by atoms with Gasteiger partial charge in [-0.25, -0.2) is 0 Å². The van der Waals surface area contributed by atoms with Crippen molar-refractivity contribution in [1.29, 1.82) is 0 Å². The van der Waals surface area contributed by atoms with Crippen LogP contribution in [0.25, 0.3) is 0 Å². The number of methoxy groups -OCH3 is 3. The monoisotopic (exact) mass is 333 g/mol. The van der Waals surface area contributed by atoms with E-state index in [0.29, 0.717) is 36.1 Å². The van der Waals surface area contributed by atoms with Crippen molar-refractivity contribution < 1.29 is 24.1 Å². The molecule has 130 valence electrons. The molecule has 0 aliphatic rings. The summed E-state index contributed by atoms with van der Waals surface area (Å²) in [5.74, 6) is 2.27. The Morgan fingerprint density at radius 2 is 1.62 bits per heavy atom. The van der Waals surface area contributed by atoms with Crippen molar-refractivity contribution >= 4 is 5.69 Å². The minimum absolute atomic E-state index is 0.138. The van der Waals surface area contributed by atoms with E-state index in [4.69, 9.17) is 18.9 Å². The van der Waals surface area contributed by atoms with Crippen molar-refractivity contribution in [3.63, 3.8) is 0 Å². The van der Waals surface area contributed by atoms with Gasteiger partial charge < -0.3 is 29.4 Å². The molecule has 2 N–H and O–H groups in total. The molecule has 0 radical (unpaired) electrons. The number of nitrogens with one attached hydrogen (secondary N) is 1. The highest BCUT2D eigenvalue weighted by Crippen LogP contribution is 2.40. The molecule has 0 amide bonds. The second kappa shape index (κ2) is 8.19. The van der Waals surface area contributed by atoms with Crippen LogP contribution in [0.5, 0.6) is 28.7 Å². The van der Waals surface area contributed by atoms with Gasteiger partial charge >= 0.3 is 0 Å². The number of rotatable bonds is 8. The molecule has 6 nitrogen and oxygen atoms in total. The standard InChI is InChI=1S/C18H23NO5/c1-5-24-14-8-6-7-12(17(14)20)11-19-13-9-15(21-2)18(23-4)16(10-13)22-3/h6-10,19-20H,5,11H2,1-4H3. The van der Waals surface area contributed by atoms with Gasteiger partial charge in [0.25, 0.3) is 0 Å². The van der Waals surface area contributed by atoms with Gasteiger partial charge in [-0.15, -0.1) is 0 Å². The van der Waals surface area contributed by atoms with E-state index in [1.165, 1.54) is 0 Å². The van der Waals surface area contributed by atoms with Crippen LogP contribution >= 0.6 is 0 Å². The molecule has 0 spiro atoms. The molecule has 0 atom stereocenters. The van der Waals surface area contributed by atoms with Crippen LogP contribution in [0.4, 0.5) is 5.69 Å². The Bertz CT molecular complexity index is 662. The van der Waals surface area contributed by atoms with Gasteiger partial charge in [-0.3, -0.25) is 0 Å². The molecule has 0 aromatic heterocycles. The normalized spacial score (nSPS) is 10.2. The maximum atomic E-state index is 10.2. The number of ether oxygens (including phenoxy) is 4. The highest BCUT2D eigenvalue weighted by molar-refractivity contribution is 5.63. The molecule has 0 saturated carbocycles. The van der Waals surface area contributed by atoms with Crippen LogP contribution in [0.2, 0.25) is 0 Å². The fourth-order valence-electron chi connectivity index (χ4n) is 2.36. The highest BCUT2D eigenvalue weighted by atomic mass is 16.5. The lowest BCUT2D eigenvalue weighted by Gasteiger charge is -2.16. The lowest BCUT2D eigenvalue weighted by Crippen LogP contribution is -2.03. The minimum Gasteiger partial charge on any atom is -0.504 e. The van der Waals surface area contributed by atoms with E-state index in [1.807, 2.05) is 31.2 Å². The molecule has 0 unspecified atom stereocenters. The third-order valence-corrected chi connectivity index (χ3v) is 3.53. The van der Waals surface area contributed by atoms with Gasteiger partial charge in [-0.05, 0) is 13.0 Å². The van der Waals surface area contributed by atoms with Gasteiger partial charge in [0, 0.05) is 29.9 Å². The van der Waals surface area contributed by atoms with Crippen LogP contribution in [0.15, 0.2) is 30.3 Å². The van der Waals surface area contributed by atoms with Crippen LogP contribution in [-0.2, 0) is 6.54 Å². The van der Waals surface area contributed by atoms with Crippen LogP contribution < -0.4 is 24.3 Å². The molecule has 24 heavy (non-hydrogen) atoms. The van der Waals surface area contributed by atoms with Crippen molar-refractivity contribution in [2.24, 2.45) is 0 Å². The Labute approximate surface area is 141 Å². The molecule has 0 fully saturated rings. The largest absolute Gasteiger partial charge is 0.504 e. The van der Waals surface area contributed by atoms with Crippen LogP contribution in [0.1, 0.15) is 12.5 Å². The SMILES string of the molecule is CCOc1cccc(CNc2cc(OC)c(OC)c(OC)c2)c1O. The summed E-state index contributed by atoms with van der Waals surface area (Å²) >= 11 is 0. The molecule has 0 saturated heterocycles. The van der Waals surface area contributed by atoms with Gasteiger partial charge in [-0.2, -0.15) is 0 Å². The Hall–Kier alpha value is -2.76. The molecule has 0 aliphatic carbocycles. The highest BCUT2D eigenvalue weighted by Gasteiger charge is 2.14. The average Bonchev–Trinajstić information content (AvgIpc) is 2.61. The zero-order valence-electron chi connectivity index (χ0n) is 14.4. The van der Waals surface area contributed by atoms with E-state index in [2.05, 4.69) is 5.32 Å². The molecule has 0 bridgehead atoms. The number of phenols is 1. The third kappa shape index (κ3) is 3.76. The summed E-state index contributed by atoms with van der Waals surface area (Å²) < 4.78 is 21.4. The van der Waals surface area contributed by atoms with Gasteiger partial charge in [0.2, 0.25) is 5.75 Å². The van der Waals surface area contributed by atoms with Gasteiger partial charge in [-0.1, -0.05) is 12.1 Å². The zero-order chi connectivity index (χ0) is 17.5. The number of hydrogen-bond donors (Lipinski definition) is 2. The summed E-state index contributed by atoms with van der Waals surface area (Å²) in [7, 11) is 4.70. The fraction of sp³-hybridized carbons (Fsp3) is 0.333. The molecule has 0 heterocycles. The Kier molecular flexibility index (Phi) is 6.01. The van der Waals surface area contributed by atoms with Crippen molar-refractivity contribution in [2.45, 2.75) is 13.5 Å². The molecule has 2 rings (SSSR count). The Balaban J connectivity index is 2.22. The molecule has 2 aromatic carbocycles. The maximum Gasteiger partial charge on any atom is 0.203 e. The first-order chi connectivity index (χ1) is 11.6. The lowest BCUT2D eigenvalue weighted by molar-refractivity contribution is 0.317. The molecular weight excluding hydrogens is 310 g/mol. The first-order valence-corrected chi connectivity index (χ1v) is 7.62. The quantitative estimate of drug-likeness (QED) is 0.771. The van der Waals surface area contributed by atoms with Crippen LogP contribution in [0.3, 0.4) is 0 Å². The van der Waals surface area contributed by atoms with E-state index in [1.54, 1.807) is 27.4 Å². The van der Waals surface area contributed by atoms with Crippen molar-refractivity contribution in [1.82, 2.24) is 0 Å². The maximum absolute atomic E-state index is 10.2. The first kappa shape index (κ1) is 17.6. The summed E-state index contributed by atoms with van der Waals surface area (Å²) in [6.07, 6.45) is 0. The van der Waals surface area contributed by atoms with Crippen molar-refractivity contribution in [3.8, 4) is 28.7 Å². The number of hydrogen-bond acceptors (Lipinski definition) is 6. The van der Waals surface area contributed by atoms with Gasteiger partial charge in [0.05, 0.1) is 27.9 Å². The van der Waals surface area contributed by atoms with E-state index in [9.17, 15) is 5.11 Å². The predicted octanol–water partition coefficient (Wildman–Crippen LogP) is 3.43.